The average molecular weight is 370 g/mol. The third kappa shape index (κ3) is 3.76. The second-order valence-corrected chi connectivity index (χ2v) is 6.41. The molecule has 2 unspecified atom stereocenters. The number of esters is 1. The number of halogens is 1. The molecule has 2 atom stereocenters. The Balaban J connectivity index is 1.98. The standard InChI is InChI=1S/C15H20BrN3O3/c1-9-4-3-5-10(2)19(9)14(20)8-22-15(21)11-6-13(16)18-7-12(11)17/h6-7,9-10H,3-5,8,17H2,1-2H3. The van der Waals surface area contributed by atoms with Gasteiger partial charge in [0.25, 0.3) is 5.91 Å². The minimum Gasteiger partial charge on any atom is -0.452 e. The van der Waals surface area contributed by atoms with Crippen molar-refractivity contribution in [2.24, 2.45) is 0 Å². The molecule has 120 valence electrons. The van der Waals surface area contributed by atoms with Crippen LogP contribution in [0.5, 0.6) is 0 Å². The van der Waals surface area contributed by atoms with Crippen molar-refractivity contribution < 1.29 is 14.3 Å². The fraction of sp³-hybridized carbons (Fsp3) is 0.533. The highest BCUT2D eigenvalue weighted by Gasteiger charge is 2.29. The zero-order valence-electron chi connectivity index (χ0n) is 12.7. The number of ether oxygens (including phenoxy) is 1. The number of rotatable bonds is 3. The number of hydrogen-bond acceptors (Lipinski definition) is 5. The molecule has 22 heavy (non-hydrogen) atoms. The van der Waals surface area contributed by atoms with E-state index in [4.69, 9.17) is 10.5 Å². The van der Waals surface area contributed by atoms with Crippen LogP contribution in [0.25, 0.3) is 0 Å². The number of hydrogen-bond donors (Lipinski definition) is 1. The van der Waals surface area contributed by atoms with Crippen LogP contribution in [0.2, 0.25) is 0 Å². The zero-order chi connectivity index (χ0) is 16.3. The first-order valence-electron chi connectivity index (χ1n) is 7.29. The van der Waals surface area contributed by atoms with E-state index in [0.29, 0.717) is 4.60 Å². The Labute approximate surface area is 138 Å². The van der Waals surface area contributed by atoms with E-state index in [2.05, 4.69) is 20.9 Å². The maximum absolute atomic E-state index is 12.3. The van der Waals surface area contributed by atoms with E-state index in [1.807, 2.05) is 18.7 Å². The number of aromatic nitrogens is 1. The molecular formula is C15H20BrN3O3. The maximum atomic E-state index is 12.3. The zero-order valence-corrected chi connectivity index (χ0v) is 14.3. The molecule has 1 aromatic rings. The lowest BCUT2D eigenvalue weighted by Gasteiger charge is -2.38. The van der Waals surface area contributed by atoms with Crippen molar-refractivity contribution in [3.05, 3.63) is 22.4 Å². The van der Waals surface area contributed by atoms with Crippen LogP contribution in [-0.4, -0.2) is 40.5 Å². The van der Waals surface area contributed by atoms with Gasteiger partial charge in [-0.1, -0.05) is 0 Å². The van der Waals surface area contributed by atoms with Gasteiger partial charge in [-0.05, 0) is 55.1 Å². The molecule has 0 saturated carbocycles. The third-order valence-corrected chi connectivity index (χ3v) is 4.36. The van der Waals surface area contributed by atoms with Crippen LogP contribution in [0.3, 0.4) is 0 Å². The minimum atomic E-state index is -0.619. The largest absolute Gasteiger partial charge is 0.452 e. The summed E-state index contributed by atoms with van der Waals surface area (Å²) in [5, 5.41) is 0. The fourth-order valence-corrected chi connectivity index (χ4v) is 3.14. The highest BCUT2D eigenvalue weighted by Crippen LogP contribution is 2.23. The van der Waals surface area contributed by atoms with Gasteiger partial charge in [-0.3, -0.25) is 4.79 Å². The lowest BCUT2D eigenvalue weighted by Crippen LogP contribution is -2.49. The Morgan fingerprint density at radius 2 is 2.05 bits per heavy atom. The topological polar surface area (TPSA) is 85.5 Å². The van der Waals surface area contributed by atoms with Gasteiger partial charge in [0.15, 0.2) is 6.61 Å². The van der Waals surface area contributed by atoms with Gasteiger partial charge in [0.05, 0.1) is 17.4 Å². The summed E-state index contributed by atoms with van der Waals surface area (Å²) in [4.78, 5) is 30.1. The summed E-state index contributed by atoms with van der Waals surface area (Å²) in [5.74, 6) is -0.786. The molecule has 2 heterocycles. The van der Waals surface area contributed by atoms with Gasteiger partial charge in [-0.25, -0.2) is 9.78 Å². The maximum Gasteiger partial charge on any atom is 0.340 e. The van der Waals surface area contributed by atoms with Gasteiger partial charge in [0.2, 0.25) is 0 Å². The molecule has 0 bridgehead atoms. The number of anilines is 1. The third-order valence-electron chi connectivity index (χ3n) is 3.93. The van der Waals surface area contributed by atoms with E-state index in [-0.39, 0.29) is 35.8 Å². The molecule has 1 aliphatic rings. The Morgan fingerprint density at radius 3 is 2.68 bits per heavy atom. The molecule has 6 nitrogen and oxygen atoms in total. The number of amides is 1. The number of nitrogens with zero attached hydrogens (tertiary/aromatic N) is 2. The van der Waals surface area contributed by atoms with Crippen LogP contribution in [0.1, 0.15) is 43.5 Å². The summed E-state index contributed by atoms with van der Waals surface area (Å²) in [7, 11) is 0. The number of pyridine rings is 1. The SMILES string of the molecule is CC1CCCC(C)N1C(=O)COC(=O)c1cc(Br)ncc1N. The summed E-state index contributed by atoms with van der Waals surface area (Å²) in [5.41, 5.74) is 6.13. The number of carbonyl (C=O) groups excluding carboxylic acids is 2. The molecule has 7 heteroatoms. The van der Waals surface area contributed by atoms with E-state index in [0.717, 1.165) is 19.3 Å². The molecule has 1 aromatic heterocycles. The monoisotopic (exact) mass is 369 g/mol. The van der Waals surface area contributed by atoms with E-state index >= 15 is 0 Å². The van der Waals surface area contributed by atoms with Crippen molar-refractivity contribution in [2.75, 3.05) is 12.3 Å². The van der Waals surface area contributed by atoms with Crippen molar-refractivity contribution in [1.82, 2.24) is 9.88 Å². The van der Waals surface area contributed by atoms with Crippen LogP contribution >= 0.6 is 15.9 Å². The molecule has 2 N–H and O–H groups in total. The number of nitrogens with two attached hydrogens (primary N) is 1. The summed E-state index contributed by atoms with van der Waals surface area (Å²) in [6.07, 6.45) is 4.45. The first kappa shape index (κ1) is 16.7. The first-order valence-corrected chi connectivity index (χ1v) is 8.08. The molecule has 0 aliphatic carbocycles. The van der Waals surface area contributed by atoms with Crippen molar-refractivity contribution in [3.63, 3.8) is 0 Å². The van der Waals surface area contributed by atoms with Gasteiger partial charge in [-0.2, -0.15) is 0 Å². The fourth-order valence-electron chi connectivity index (χ4n) is 2.81. The molecule has 1 saturated heterocycles. The Kier molecular flexibility index (Phi) is 5.39. The number of piperidine rings is 1. The van der Waals surface area contributed by atoms with Crippen molar-refractivity contribution in [3.8, 4) is 0 Å². The van der Waals surface area contributed by atoms with Crippen LogP contribution in [0.15, 0.2) is 16.9 Å². The van der Waals surface area contributed by atoms with Gasteiger partial charge >= 0.3 is 5.97 Å². The number of carbonyl (C=O) groups is 2. The molecule has 0 radical (unpaired) electrons. The van der Waals surface area contributed by atoms with E-state index in [1.165, 1.54) is 12.3 Å². The average Bonchev–Trinajstić information content (AvgIpc) is 2.47. The Hall–Kier alpha value is -1.63. The molecule has 0 aromatic carbocycles. The van der Waals surface area contributed by atoms with Crippen LogP contribution in [-0.2, 0) is 9.53 Å². The second kappa shape index (κ2) is 7.09. The quantitative estimate of drug-likeness (QED) is 0.652. The molecule has 2 rings (SSSR count). The van der Waals surface area contributed by atoms with Crippen LogP contribution in [0.4, 0.5) is 5.69 Å². The summed E-state index contributed by atoms with van der Waals surface area (Å²) >= 11 is 3.17. The molecule has 1 amide bonds. The van der Waals surface area contributed by atoms with Crippen LogP contribution in [0, 0.1) is 0 Å². The van der Waals surface area contributed by atoms with Crippen LogP contribution < -0.4 is 5.73 Å². The Bertz CT molecular complexity index is 569. The molecule has 0 spiro atoms. The predicted molar refractivity (Wildman–Crippen MR) is 86.3 cm³/mol. The molecule has 1 aliphatic heterocycles. The first-order chi connectivity index (χ1) is 10.4. The van der Waals surface area contributed by atoms with Crippen molar-refractivity contribution in [1.29, 1.82) is 0 Å². The van der Waals surface area contributed by atoms with Crippen molar-refractivity contribution >= 4 is 33.5 Å². The highest BCUT2D eigenvalue weighted by molar-refractivity contribution is 9.10. The van der Waals surface area contributed by atoms with Gasteiger partial charge in [-0.15, -0.1) is 0 Å². The molecule has 1 fully saturated rings. The van der Waals surface area contributed by atoms with Gasteiger partial charge in [0.1, 0.15) is 4.60 Å². The highest BCUT2D eigenvalue weighted by atomic mass is 79.9. The molecular weight excluding hydrogens is 350 g/mol. The van der Waals surface area contributed by atoms with E-state index in [9.17, 15) is 9.59 Å². The summed E-state index contributed by atoms with van der Waals surface area (Å²) < 4.78 is 5.60. The Morgan fingerprint density at radius 1 is 1.41 bits per heavy atom. The van der Waals surface area contributed by atoms with Crippen molar-refractivity contribution in [2.45, 2.75) is 45.2 Å². The predicted octanol–water partition coefficient (Wildman–Crippen LogP) is 2.37. The van der Waals surface area contributed by atoms with Gasteiger partial charge in [0, 0.05) is 12.1 Å². The second-order valence-electron chi connectivity index (χ2n) is 5.60. The number of likely N-dealkylation sites (tertiary alicyclic amines) is 1. The summed E-state index contributed by atoms with van der Waals surface area (Å²) in [6, 6.07) is 1.83. The van der Waals surface area contributed by atoms with E-state index < -0.39 is 5.97 Å². The lowest BCUT2D eigenvalue weighted by molar-refractivity contribution is -0.140. The summed E-state index contributed by atoms with van der Waals surface area (Å²) in [6.45, 7) is 3.77. The minimum absolute atomic E-state index is 0.167. The number of nitrogen functional groups attached to an aromatic ring is 1. The smallest absolute Gasteiger partial charge is 0.340 e. The normalized spacial score (nSPS) is 21.5. The lowest BCUT2D eigenvalue weighted by atomic mass is 9.97. The van der Waals surface area contributed by atoms with E-state index in [1.54, 1.807) is 0 Å². The van der Waals surface area contributed by atoms with Gasteiger partial charge < -0.3 is 15.4 Å².